The Balaban J connectivity index is 2.25. The topological polar surface area (TPSA) is 55.1 Å². The Hall–Kier alpha value is -2.73. The number of anilines is 2. The fourth-order valence-corrected chi connectivity index (χ4v) is 2.05. The van der Waals surface area contributed by atoms with Gasteiger partial charge in [0.25, 0.3) is 5.91 Å². The molecule has 1 amide bonds. The summed E-state index contributed by atoms with van der Waals surface area (Å²) < 4.78 is 0. The first-order chi connectivity index (χ1) is 10.3. The summed E-state index contributed by atoms with van der Waals surface area (Å²) in [5.41, 5.74) is 9.26. The highest BCUT2D eigenvalue weighted by atomic mass is 16.1. The fraction of sp³-hybridized carbons (Fsp3) is 0.211. The van der Waals surface area contributed by atoms with Crippen LogP contribution in [-0.4, -0.2) is 5.91 Å². The summed E-state index contributed by atoms with van der Waals surface area (Å²) in [5, 5.41) is 2.85. The Morgan fingerprint density at radius 1 is 1.23 bits per heavy atom. The lowest BCUT2D eigenvalue weighted by Gasteiger charge is -2.18. The summed E-state index contributed by atoms with van der Waals surface area (Å²) in [7, 11) is 0. The fourth-order valence-electron chi connectivity index (χ4n) is 2.05. The minimum Gasteiger partial charge on any atom is -0.398 e. The second-order valence-electron chi connectivity index (χ2n) is 5.88. The molecule has 3 heteroatoms. The molecule has 0 aliphatic carbocycles. The minimum atomic E-state index is -0.412. The van der Waals surface area contributed by atoms with Crippen LogP contribution in [0.2, 0.25) is 0 Å². The summed E-state index contributed by atoms with van der Waals surface area (Å²) in [4.78, 5) is 12.4. The van der Waals surface area contributed by atoms with E-state index in [4.69, 9.17) is 12.2 Å². The number of carbonyl (C=O) groups excluding carboxylic acids is 1. The molecule has 112 valence electrons. The van der Waals surface area contributed by atoms with E-state index in [1.54, 1.807) is 12.1 Å². The molecule has 3 nitrogen and oxygen atoms in total. The van der Waals surface area contributed by atoms with E-state index in [9.17, 15) is 4.79 Å². The van der Waals surface area contributed by atoms with Crippen LogP contribution < -0.4 is 11.1 Å². The third kappa shape index (κ3) is 3.29. The summed E-state index contributed by atoms with van der Waals surface area (Å²) in [5.74, 6) is 2.56. The maximum atomic E-state index is 12.4. The quantitative estimate of drug-likeness (QED) is 0.669. The smallest absolute Gasteiger partial charge is 0.255 e. The number of carbonyl (C=O) groups is 1. The molecule has 2 aromatic carbocycles. The second-order valence-corrected chi connectivity index (χ2v) is 5.88. The van der Waals surface area contributed by atoms with Crippen LogP contribution >= 0.6 is 0 Å². The van der Waals surface area contributed by atoms with Gasteiger partial charge in [0.1, 0.15) is 0 Å². The highest BCUT2D eigenvalue weighted by Crippen LogP contribution is 2.23. The molecule has 0 aliphatic heterocycles. The van der Waals surface area contributed by atoms with E-state index in [0.717, 1.165) is 11.1 Å². The molecule has 0 aromatic heterocycles. The van der Waals surface area contributed by atoms with Gasteiger partial charge in [-0.25, -0.2) is 0 Å². The van der Waals surface area contributed by atoms with Crippen molar-refractivity contribution in [1.29, 1.82) is 0 Å². The van der Waals surface area contributed by atoms with Crippen LogP contribution in [-0.2, 0) is 5.41 Å². The number of nitrogens with two attached hydrogens (primary N) is 1. The average molecular weight is 292 g/mol. The predicted octanol–water partition coefficient (Wildman–Crippen LogP) is 3.74. The molecule has 3 N–H and O–H groups in total. The first-order valence-electron chi connectivity index (χ1n) is 7.09. The van der Waals surface area contributed by atoms with Gasteiger partial charge in [-0.05, 0) is 56.2 Å². The van der Waals surface area contributed by atoms with Crippen molar-refractivity contribution >= 4 is 17.3 Å². The molecule has 0 heterocycles. The van der Waals surface area contributed by atoms with Crippen molar-refractivity contribution in [2.45, 2.75) is 26.2 Å². The standard InChI is InChI=1S/C19H20N2O/c1-5-19(3,4)15-8-6-7-14(11-15)18(22)21-16-10-9-13(2)17(20)12-16/h1,6-12H,20H2,2-4H3,(H,21,22). The zero-order valence-electron chi connectivity index (χ0n) is 13.1. The van der Waals surface area contributed by atoms with E-state index in [1.165, 1.54) is 0 Å². The number of hydrogen-bond donors (Lipinski definition) is 2. The molecule has 0 unspecified atom stereocenters. The Labute approximate surface area is 131 Å². The molecule has 0 spiro atoms. The third-order valence-electron chi connectivity index (χ3n) is 3.74. The maximum absolute atomic E-state index is 12.4. The Bertz CT molecular complexity index is 754. The first-order valence-corrected chi connectivity index (χ1v) is 7.09. The van der Waals surface area contributed by atoms with E-state index in [1.807, 2.05) is 51.1 Å². The lowest BCUT2D eigenvalue weighted by atomic mass is 9.85. The van der Waals surface area contributed by atoms with Gasteiger partial charge in [0, 0.05) is 16.9 Å². The molecule has 0 atom stereocenters. The Morgan fingerprint density at radius 2 is 1.95 bits per heavy atom. The van der Waals surface area contributed by atoms with Crippen molar-refractivity contribution in [3.63, 3.8) is 0 Å². The molecule has 2 aromatic rings. The highest BCUT2D eigenvalue weighted by Gasteiger charge is 2.18. The van der Waals surface area contributed by atoms with E-state index in [0.29, 0.717) is 16.9 Å². The van der Waals surface area contributed by atoms with Crippen LogP contribution in [0.1, 0.15) is 35.3 Å². The molecular weight excluding hydrogens is 272 g/mol. The van der Waals surface area contributed by atoms with Gasteiger partial charge in [0.15, 0.2) is 0 Å². The van der Waals surface area contributed by atoms with E-state index < -0.39 is 5.41 Å². The number of amides is 1. The van der Waals surface area contributed by atoms with Crippen LogP contribution in [0.3, 0.4) is 0 Å². The monoisotopic (exact) mass is 292 g/mol. The van der Waals surface area contributed by atoms with Gasteiger partial charge in [-0.3, -0.25) is 4.79 Å². The normalized spacial score (nSPS) is 10.8. The molecule has 0 saturated carbocycles. The Kier molecular flexibility index (Phi) is 4.23. The zero-order chi connectivity index (χ0) is 16.3. The number of aryl methyl sites for hydroxylation is 1. The third-order valence-corrected chi connectivity index (χ3v) is 3.74. The molecule has 0 aliphatic rings. The van der Waals surface area contributed by atoms with Crippen molar-refractivity contribution in [2.75, 3.05) is 11.1 Å². The second kappa shape index (κ2) is 5.95. The van der Waals surface area contributed by atoms with E-state index >= 15 is 0 Å². The molecule has 0 fully saturated rings. The highest BCUT2D eigenvalue weighted by molar-refractivity contribution is 6.04. The average Bonchev–Trinajstić information content (AvgIpc) is 2.51. The number of nitrogens with one attached hydrogen (secondary N) is 1. The zero-order valence-corrected chi connectivity index (χ0v) is 13.1. The lowest BCUT2D eigenvalue weighted by Crippen LogP contribution is -2.17. The molecular formula is C19H20N2O. The van der Waals surface area contributed by atoms with Gasteiger partial charge in [-0.2, -0.15) is 0 Å². The number of terminal acetylenes is 1. The minimum absolute atomic E-state index is 0.182. The van der Waals surface area contributed by atoms with Gasteiger partial charge >= 0.3 is 0 Å². The number of nitrogen functional groups attached to an aromatic ring is 1. The van der Waals surface area contributed by atoms with E-state index in [-0.39, 0.29) is 5.91 Å². The van der Waals surface area contributed by atoms with Crippen LogP contribution in [0.5, 0.6) is 0 Å². The SMILES string of the molecule is C#CC(C)(C)c1cccc(C(=O)Nc2ccc(C)c(N)c2)c1. The van der Waals surface area contributed by atoms with Crippen molar-refractivity contribution in [1.82, 2.24) is 0 Å². The molecule has 0 saturated heterocycles. The molecule has 0 radical (unpaired) electrons. The summed E-state index contributed by atoms with van der Waals surface area (Å²) in [6.07, 6.45) is 5.55. The number of rotatable bonds is 3. The van der Waals surface area contributed by atoms with Crippen molar-refractivity contribution < 1.29 is 4.79 Å². The van der Waals surface area contributed by atoms with E-state index in [2.05, 4.69) is 11.2 Å². The van der Waals surface area contributed by atoms with Gasteiger partial charge in [-0.15, -0.1) is 6.42 Å². The van der Waals surface area contributed by atoms with Crippen molar-refractivity contribution in [2.24, 2.45) is 0 Å². The molecule has 0 bridgehead atoms. The van der Waals surface area contributed by atoms with Gasteiger partial charge in [-0.1, -0.05) is 24.1 Å². The summed E-state index contributed by atoms with van der Waals surface area (Å²) >= 11 is 0. The van der Waals surface area contributed by atoms with Gasteiger partial charge < -0.3 is 11.1 Å². The van der Waals surface area contributed by atoms with Crippen molar-refractivity contribution in [3.8, 4) is 12.3 Å². The van der Waals surface area contributed by atoms with Crippen molar-refractivity contribution in [3.05, 3.63) is 59.2 Å². The van der Waals surface area contributed by atoms with Gasteiger partial charge in [0.2, 0.25) is 0 Å². The maximum Gasteiger partial charge on any atom is 0.255 e. The van der Waals surface area contributed by atoms with Crippen LogP contribution in [0.4, 0.5) is 11.4 Å². The molecule has 2 rings (SSSR count). The van der Waals surface area contributed by atoms with Crippen LogP contribution in [0.15, 0.2) is 42.5 Å². The largest absolute Gasteiger partial charge is 0.398 e. The molecule has 22 heavy (non-hydrogen) atoms. The number of hydrogen-bond acceptors (Lipinski definition) is 2. The Morgan fingerprint density at radius 3 is 2.59 bits per heavy atom. The lowest BCUT2D eigenvalue weighted by molar-refractivity contribution is 0.102. The number of benzene rings is 2. The van der Waals surface area contributed by atoms with Crippen LogP contribution in [0, 0.1) is 19.3 Å². The van der Waals surface area contributed by atoms with Gasteiger partial charge in [0.05, 0.1) is 5.41 Å². The predicted molar refractivity (Wildman–Crippen MR) is 91.8 cm³/mol. The van der Waals surface area contributed by atoms with Crippen LogP contribution in [0.25, 0.3) is 0 Å². The summed E-state index contributed by atoms with van der Waals surface area (Å²) in [6.45, 7) is 5.82. The summed E-state index contributed by atoms with van der Waals surface area (Å²) in [6, 6.07) is 12.8. The first kappa shape index (κ1) is 15.7.